The van der Waals surface area contributed by atoms with Crippen LogP contribution in [0.5, 0.6) is 0 Å². The van der Waals surface area contributed by atoms with Gasteiger partial charge in [-0.15, -0.1) is 6.58 Å². The van der Waals surface area contributed by atoms with E-state index in [0.29, 0.717) is 5.69 Å². The van der Waals surface area contributed by atoms with E-state index in [4.69, 9.17) is 11.6 Å². The van der Waals surface area contributed by atoms with Crippen LogP contribution < -0.4 is 15.4 Å². The predicted octanol–water partition coefficient (Wildman–Crippen LogP) is 4.93. The monoisotopic (exact) mass is 497 g/mol. The number of para-hydroxylation sites is 1. The minimum atomic E-state index is -4.08. The number of aryl methyl sites for hydroxylation is 2. The van der Waals surface area contributed by atoms with Crippen LogP contribution in [0.4, 0.5) is 11.4 Å². The zero-order chi connectivity index (χ0) is 24.9. The van der Waals surface area contributed by atoms with E-state index in [1.54, 1.807) is 49.4 Å². The summed E-state index contributed by atoms with van der Waals surface area (Å²) in [7, 11) is -4.08. The number of sulfonamides is 1. The Morgan fingerprint density at radius 1 is 0.971 bits per heavy atom. The Labute approximate surface area is 203 Å². The molecule has 3 rings (SSSR count). The molecule has 7 nitrogen and oxygen atoms in total. The number of carbonyl (C=O) groups is 2. The average Bonchev–Trinajstić information content (AvgIpc) is 2.79. The van der Waals surface area contributed by atoms with Gasteiger partial charge in [-0.05, 0) is 55.8 Å². The molecule has 0 atom stereocenters. The molecular formula is C25H24ClN3O4S. The first-order valence-electron chi connectivity index (χ1n) is 10.3. The second-order valence-corrected chi connectivity index (χ2v) is 9.63. The minimum absolute atomic E-state index is 0.0296. The van der Waals surface area contributed by atoms with Gasteiger partial charge in [0.2, 0.25) is 0 Å². The van der Waals surface area contributed by atoms with Crippen molar-refractivity contribution in [1.82, 2.24) is 5.32 Å². The molecule has 0 aliphatic carbocycles. The Balaban J connectivity index is 1.88. The van der Waals surface area contributed by atoms with Crippen molar-refractivity contribution in [1.29, 1.82) is 0 Å². The van der Waals surface area contributed by atoms with Gasteiger partial charge in [-0.3, -0.25) is 14.3 Å². The molecule has 0 unspecified atom stereocenters. The summed E-state index contributed by atoms with van der Waals surface area (Å²) in [5.74, 6) is -0.976. The lowest BCUT2D eigenvalue weighted by atomic mass is 10.1. The van der Waals surface area contributed by atoms with Gasteiger partial charge >= 0.3 is 0 Å². The lowest BCUT2D eigenvalue weighted by Crippen LogP contribution is -2.25. The van der Waals surface area contributed by atoms with Crippen LogP contribution in [-0.2, 0) is 10.0 Å². The van der Waals surface area contributed by atoms with Crippen LogP contribution in [0.1, 0.15) is 31.8 Å². The van der Waals surface area contributed by atoms with Gasteiger partial charge in [0.1, 0.15) is 4.90 Å². The maximum Gasteiger partial charge on any atom is 0.263 e. The predicted molar refractivity (Wildman–Crippen MR) is 135 cm³/mol. The van der Waals surface area contributed by atoms with E-state index in [1.807, 2.05) is 13.0 Å². The normalized spacial score (nSPS) is 10.9. The summed E-state index contributed by atoms with van der Waals surface area (Å²) >= 11 is 6.18. The Morgan fingerprint density at radius 2 is 1.71 bits per heavy atom. The van der Waals surface area contributed by atoms with Gasteiger partial charge in [-0.25, -0.2) is 8.42 Å². The highest BCUT2D eigenvalue weighted by Gasteiger charge is 2.22. The standard InChI is InChI=1S/C25H24ClN3O4S/c1-4-13-27-25(31)19-7-5-6-8-22(19)28-24(30)18-10-11-20(26)23(15-18)34(32,33)29-21-12-9-16(2)14-17(21)3/h4-12,14-15,29H,1,13H2,2-3H3,(H,27,31)(H,28,30). The van der Waals surface area contributed by atoms with Crippen LogP contribution in [0.15, 0.2) is 78.2 Å². The molecule has 0 heterocycles. The van der Waals surface area contributed by atoms with Gasteiger partial charge in [-0.1, -0.05) is 47.5 Å². The van der Waals surface area contributed by atoms with Gasteiger partial charge < -0.3 is 10.6 Å². The number of nitrogens with one attached hydrogen (secondary N) is 3. The number of carbonyl (C=O) groups excluding carboxylic acids is 2. The van der Waals surface area contributed by atoms with Gasteiger partial charge in [0.05, 0.1) is 22.0 Å². The van der Waals surface area contributed by atoms with Crippen LogP contribution >= 0.6 is 11.6 Å². The first-order valence-corrected chi connectivity index (χ1v) is 12.2. The molecule has 9 heteroatoms. The highest BCUT2D eigenvalue weighted by atomic mass is 35.5. The van der Waals surface area contributed by atoms with Crippen LogP contribution in [0.2, 0.25) is 5.02 Å². The molecule has 0 aliphatic heterocycles. The van der Waals surface area contributed by atoms with Crippen molar-refractivity contribution in [2.75, 3.05) is 16.6 Å². The van der Waals surface area contributed by atoms with E-state index in [1.165, 1.54) is 18.2 Å². The molecular weight excluding hydrogens is 474 g/mol. The average molecular weight is 498 g/mol. The third kappa shape index (κ3) is 5.84. The van der Waals surface area contributed by atoms with Gasteiger partial charge in [0.15, 0.2) is 0 Å². The van der Waals surface area contributed by atoms with Crippen LogP contribution in [0.25, 0.3) is 0 Å². The summed E-state index contributed by atoms with van der Waals surface area (Å²) in [5.41, 5.74) is 2.76. The molecule has 34 heavy (non-hydrogen) atoms. The maximum absolute atomic E-state index is 13.0. The van der Waals surface area contributed by atoms with Crippen molar-refractivity contribution in [3.05, 3.63) is 101 Å². The fourth-order valence-electron chi connectivity index (χ4n) is 3.22. The summed E-state index contributed by atoms with van der Waals surface area (Å²) in [6, 6.07) is 15.8. The third-order valence-electron chi connectivity index (χ3n) is 4.94. The topological polar surface area (TPSA) is 104 Å². The van der Waals surface area contributed by atoms with Crippen molar-refractivity contribution in [2.45, 2.75) is 18.7 Å². The second kappa shape index (κ2) is 10.5. The van der Waals surface area contributed by atoms with E-state index in [0.717, 1.165) is 11.1 Å². The highest BCUT2D eigenvalue weighted by Crippen LogP contribution is 2.27. The molecule has 0 saturated carbocycles. The Bertz CT molecular complexity index is 1370. The second-order valence-electron chi connectivity index (χ2n) is 7.57. The van der Waals surface area contributed by atoms with E-state index >= 15 is 0 Å². The molecule has 0 spiro atoms. The number of benzene rings is 3. The molecule has 0 aromatic heterocycles. The van der Waals surface area contributed by atoms with Crippen molar-refractivity contribution < 1.29 is 18.0 Å². The van der Waals surface area contributed by atoms with Crippen molar-refractivity contribution in [3.8, 4) is 0 Å². The van der Waals surface area contributed by atoms with E-state index in [2.05, 4.69) is 21.9 Å². The smallest absolute Gasteiger partial charge is 0.263 e. The summed E-state index contributed by atoms with van der Waals surface area (Å²) in [5, 5.41) is 5.29. The lowest BCUT2D eigenvalue weighted by Gasteiger charge is -2.14. The zero-order valence-corrected chi connectivity index (χ0v) is 20.3. The van der Waals surface area contributed by atoms with Crippen molar-refractivity contribution >= 4 is 44.8 Å². The zero-order valence-electron chi connectivity index (χ0n) is 18.7. The number of amides is 2. The summed E-state index contributed by atoms with van der Waals surface area (Å²) in [4.78, 5) is 25.1. The lowest BCUT2D eigenvalue weighted by molar-refractivity contribution is 0.0959. The Morgan fingerprint density at radius 3 is 2.41 bits per heavy atom. The van der Waals surface area contributed by atoms with Gasteiger partial charge in [-0.2, -0.15) is 0 Å². The van der Waals surface area contributed by atoms with Crippen molar-refractivity contribution in [3.63, 3.8) is 0 Å². The number of rotatable bonds is 8. The third-order valence-corrected chi connectivity index (χ3v) is 6.78. The first kappa shape index (κ1) is 25.0. The highest BCUT2D eigenvalue weighted by molar-refractivity contribution is 7.92. The number of anilines is 2. The molecule has 3 aromatic rings. The van der Waals surface area contributed by atoms with E-state index < -0.39 is 15.9 Å². The molecule has 3 aromatic carbocycles. The molecule has 0 saturated heterocycles. The van der Waals surface area contributed by atoms with E-state index in [-0.39, 0.29) is 39.2 Å². The summed E-state index contributed by atoms with van der Waals surface area (Å²) < 4.78 is 28.6. The SMILES string of the molecule is C=CCNC(=O)c1ccccc1NC(=O)c1ccc(Cl)c(S(=O)(=O)Nc2ccc(C)cc2C)c1. The molecule has 0 bridgehead atoms. The van der Waals surface area contributed by atoms with Crippen LogP contribution in [0.3, 0.4) is 0 Å². The van der Waals surface area contributed by atoms with Crippen molar-refractivity contribution in [2.24, 2.45) is 0 Å². The minimum Gasteiger partial charge on any atom is -0.349 e. The van der Waals surface area contributed by atoms with Crippen LogP contribution in [-0.4, -0.2) is 26.8 Å². The number of hydrogen-bond donors (Lipinski definition) is 3. The fourth-order valence-corrected chi connectivity index (χ4v) is 4.88. The molecule has 3 N–H and O–H groups in total. The summed E-state index contributed by atoms with van der Waals surface area (Å²) in [6.07, 6.45) is 1.54. The Kier molecular flexibility index (Phi) is 7.75. The molecule has 0 aliphatic rings. The first-order chi connectivity index (χ1) is 16.1. The van der Waals surface area contributed by atoms with E-state index in [9.17, 15) is 18.0 Å². The molecule has 0 fully saturated rings. The molecule has 176 valence electrons. The Hall–Kier alpha value is -3.62. The molecule has 0 radical (unpaired) electrons. The van der Waals surface area contributed by atoms with Gasteiger partial charge in [0.25, 0.3) is 21.8 Å². The number of hydrogen-bond acceptors (Lipinski definition) is 4. The fraction of sp³-hybridized carbons (Fsp3) is 0.120. The maximum atomic E-state index is 13.0. The summed E-state index contributed by atoms with van der Waals surface area (Å²) in [6.45, 7) is 7.53. The van der Waals surface area contributed by atoms with Crippen LogP contribution in [0, 0.1) is 13.8 Å². The molecule has 2 amide bonds. The quantitative estimate of drug-likeness (QED) is 0.384. The van der Waals surface area contributed by atoms with Gasteiger partial charge in [0, 0.05) is 12.1 Å². The largest absolute Gasteiger partial charge is 0.349 e. The number of halogens is 1.